The fraction of sp³-hybridized carbons (Fsp3) is 0.375. The van der Waals surface area contributed by atoms with Gasteiger partial charge in [0.25, 0.3) is 5.91 Å². The third kappa shape index (κ3) is 3.27. The molecule has 0 radical (unpaired) electrons. The SMILES string of the molecule is COc1ccc(C(=O)N2CC(Cn3cc(Cl)cn3)C2)c(OC)c1. The molecule has 7 heteroatoms. The number of hydrogen-bond acceptors (Lipinski definition) is 4. The molecule has 6 nitrogen and oxygen atoms in total. The normalized spacial score (nSPS) is 14.5. The van der Waals surface area contributed by atoms with Crippen LogP contribution in [0.25, 0.3) is 0 Å². The van der Waals surface area contributed by atoms with Crippen molar-refractivity contribution in [3.63, 3.8) is 0 Å². The van der Waals surface area contributed by atoms with E-state index in [9.17, 15) is 4.79 Å². The number of rotatable bonds is 5. The lowest BCUT2D eigenvalue weighted by Gasteiger charge is -2.39. The Hall–Kier alpha value is -2.21. The molecule has 1 aromatic heterocycles. The van der Waals surface area contributed by atoms with E-state index in [-0.39, 0.29) is 5.91 Å². The van der Waals surface area contributed by atoms with E-state index in [1.165, 1.54) is 0 Å². The van der Waals surface area contributed by atoms with Crippen molar-refractivity contribution in [1.82, 2.24) is 14.7 Å². The van der Waals surface area contributed by atoms with E-state index >= 15 is 0 Å². The molecular weight excluding hydrogens is 318 g/mol. The van der Waals surface area contributed by atoms with Gasteiger partial charge in [-0.25, -0.2) is 0 Å². The monoisotopic (exact) mass is 335 g/mol. The lowest BCUT2D eigenvalue weighted by molar-refractivity contribution is 0.0458. The van der Waals surface area contributed by atoms with Crippen LogP contribution in [0.3, 0.4) is 0 Å². The van der Waals surface area contributed by atoms with Crippen molar-refractivity contribution in [2.75, 3.05) is 27.3 Å². The second-order valence-electron chi connectivity index (χ2n) is 5.52. The molecule has 2 aromatic rings. The topological polar surface area (TPSA) is 56.6 Å². The summed E-state index contributed by atoms with van der Waals surface area (Å²) in [6.07, 6.45) is 3.41. The van der Waals surface area contributed by atoms with Crippen molar-refractivity contribution >= 4 is 17.5 Å². The molecule has 0 atom stereocenters. The molecule has 1 amide bonds. The maximum Gasteiger partial charge on any atom is 0.257 e. The number of halogens is 1. The van der Waals surface area contributed by atoms with Crippen molar-refractivity contribution in [2.45, 2.75) is 6.54 Å². The number of carbonyl (C=O) groups excluding carboxylic acids is 1. The van der Waals surface area contributed by atoms with Gasteiger partial charge in [-0.05, 0) is 12.1 Å². The van der Waals surface area contributed by atoms with Gasteiger partial charge in [-0.1, -0.05) is 11.6 Å². The number of amides is 1. The molecule has 1 aromatic carbocycles. The van der Waals surface area contributed by atoms with Gasteiger partial charge >= 0.3 is 0 Å². The highest BCUT2D eigenvalue weighted by atomic mass is 35.5. The van der Waals surface area contributed by atoms with Crippen molar-refractivity contribution < 1.29 is 14.3 Å². The number of benzene rings is 1. The Morgan fingerprint density at radius 3 is 2.74 bits per heavy atom. The van der Waals surface area contributed by atoms with Crippen molar-refractivity contribution in [3.8, 4) is 11.5 Å². The zero-order valence-electron chi connectivity index (χ0n) is 13.0. The molecule has 1 fully saturated rings. The van der Waals surface area contributed by atoms with E-state index in [1.54, 1.807) is 49.7 Å². The summed E-state index contributed by atoms with van der Waals surface area (Å²) in [6, 6.07) is 5.22. The quantitative estimate of drug-likeness (QED) is 0.841. The zero-order chi connectivity index (χ0) is 16.4. The van der Waals surface area contributed by atoms with Crippen molar-refractivity contribution in [3.05, 3.63) is 41.2 Å². The largest absolute Gasteiger partial charge is 0.497 e. The third-order valence-corrected chi connectivity index (χ3v) is 4.13. The summed E-state index contributed by atoms with van der Waals surface area (Å²) in [5.74, 6) is 1.55. The summed E-state index contributed by atoms with van der Waals surface area (Å²) < 4.78 is 12.3. The third-order valence-electron chi connectivity index (χ3n) is 3.93. The van der Waals surface area contributed by atoms with Crippen molar-refractivity contribution in [1.29, 1.82) is 0 Å². The molecule has 0 N–H and O–H groups in total. The second-order valence-corrected chi connectivity index (χ2v) is 5.96. The van der Waals surface area contributed by atoms with Crippen LogP contribution in [0.5, 0.6) is 11.5 Å². The fourth-order valence-electron chi connectivity index (χ4n) is 2.70. The zero-order valence-corrected chi connectivity index (χ0v) is 13.8. The molecule has 122 valence electrons. The number of nitrogens with zero attached hydrogens (tertiary/aromatic N) is 3. The van der Waals surface area contributed by atoms with Crippen LogP contribution < -0.4 is 9.47 Å². The highest BCUT2D eigenvalue weighted by Crippen LogP contribution is 2.28. The molecule has 3 rings (SSSR count). The summed E-state index contributed by atoms with van der Waals surface area (Å²) >= 11 is 5.85. The molecule has 0 saturated carbocycles. The molecule has 0 unspecified atom stereocenters. The molecule has 2 heterocycles. The maximum atomic E-state index is 12.6. The Bertz CT molecular complexity index is 710. The van der Waals surface area contributed by atoms with Crippen LogP contribution in [0.4, 0.5) is 0 Å². The van der Waals surface area contributed by atoms with Gasteiger partial charge in [0.15, 0.2) is 0 Å². The van der Waals surface area contributed by atoms with E-state index in [4.69, 9.17) is 21.1 Å². The van der Waals surface area contributed by atoms with Gasteiger partial charge in [0.1, 0.15) is 11.5 Å². The molecule has 0 bridgehead atoms. The Labute approximate surface area is 139 Å². The van der Waals surface area contributed by atoms with Gasteiger partial charge in [0.05, 0.1) is 31.0 Å². The van der Waals surface area contributed by atoms with Crippen LogP contribution in [-0.2, 0) is 6.54 Å². The number of hydrogen-bond donors (Lipinski definition) is 0. The summed E-state index contributed by atoms with van der Waals surface area (Å²) in [4.78, 5) is 14.4. The molecule has 23 heavy (non-hydrogen) atoms. The first-order chi connectivity index (χ1) is 11.1. The highest BCUT2D eigenvalue weighted by Gasteiger charge is 2.32. The average Bonchev–Trinajstić information content (AvgIpc) is 2.94. The fourth-order valence-corrected chi connectivity index (χ4v) is 2.86. The predicted molar refractivity (Wildman–Crippen MR) is 86.2 cm³/mol. The van der Waals surface area contributed by atoms with E-state index in [1.807, 2.05) is 4.68 Å². The summed E-state index contributed by atoms with van der Waals surface area (Å²) in [7, 11) is 3.13. The summed E-state index contributed by atoms with van der Waals surface area (Å²) in [5.41, 5.74) is 0.550. The minimum atomic E-state index is -0.0285. The van der Waals surface area contributed by atoms with Gasteiger partial charge in [0, 0.05) is 37.8 Å². The van der Waals surface area contributed by atoms with Gasteiger partial charge < -0.3 is 14.4 Å². The van der Waals surface area contributed by atoms with Gasteiger partial charge in [-0.3, -0.25) is 9.48 Å². The number of methoxy groups -OCH3 is 2. The van der Waals surface area contributed by atoms with Gasteiger partial charge in [0.2, 0.25) is 0 Å². The molecule has 1 aliphatic rings. The molecule has 0 aliphatic carbocycles. The van der Waals surface area contributed by atoms with Crippen LogP contribution in [-0.4, -0.2) is 47.9 Å². The first-order valence-electron chi connectivity index (χ1n) is 7.30. The molecular formula is C16H18ClN3O3. The van der Waals surface area contributed by atoms with Crippen LogP contribution in [0.2, 0.25) is 5.02 Å². The van der Waals surface area contributed by atoms with E-state index in [0.29, 0.717) is 41.1 Å². The highest BCUT2D eigenvalue weighted by molar-refractivity contribution is 6.30. The summed E-state index contributed by atoms with van der Waals surface area (Å²) in [6.45, 7) is 2.16. The first-order valence-corrected chi connectivity index (χ1v) is 7.67. The first kappa shape index (κ1) is 15.7. The molecule has 1 saturated heterocycles. The predicted octanol–water partition coefficient (Wildman–Crippen LogP) is 2.33. The van der Waals surface area contributed by atoms with Crippen LogP contribution >= 0.6 is 11.6 Å². The number of likely N-dealkylation sites (tertiary alicyclic amines) is 1. The Morgan fingerprint density at radius 2 is 2.13 bits per heavy atom. The minimum Gasteiger partial charge on any atom is -0.497 e. The van der Waals surface area contributed by atoms with E-state index < -0.39 is 0 Å². The summed E-state index contributed by atoms with van der Waals surface area (Å²) in [5, 5.41) is 4.78. The van der Waals surface area contributed by atoms with Crippen molar-refractivity contribution in [2.24, 2.45) is 5.92 Å². The number of ether oxygens (including phenoxy) is 2. The number of carbonyl (C=O) groups is 1. The van der Waals surface area contributed by atoms with Gasteiger partial charge in [-0.2, -0.15) is 5.10 Å². The van der Waals surface area contributed by atoms with E-state index in [2.05, 4.69) is 5.10 Å². The average molecular weight is 336 g/mol. The van der Waals surface area contributed by atoms with Gasteiger partial charge in [-0.15, -0.1) is 0 Å². The lowest BCUT2D eigenvalue weighted by Crippen LogP contribution is -2.51. The van der Waals surface area contributed by atoms with Crippen LogP contribution in [0.15, 0.2) is 30.6 Å². The Balaban J connectivity index is 1.62. The second kappa shape index (κ2) is 6.50. The minimum absolute atomic E-state index is 0.0285. The standard InChI is InChI=1S/C16H18ClN3O3/c1-22-13-3-4-14(15(5-13)23-2)16(21)19-7-11(8-19)9-20-10-12(17)6-18-20/h3-6,10-11H,7-9H2,1-2H3. The Kier molecular flexibility index (Phi) is 4.43. The van der Waals surface area contributed by atoms with Crippen LogP contribution in [0.1, 0.15) is 10.4 Å². The lowest BCUT2D eigenvalue weighted by atomic mass is 9.98. The molecule has 1 aliphatic heterocycles. The van der Waals surface area contributed by atoms with Crippen LogP contribution in [0, 0.1) is 5.92 Å². The van der Waals surface area contributed by atoms with E-state index in [0.717, 1.165) is 6.54 Å². The number of aromatic nitrogens is 2. The molecule has 0 spiro atoms. The smallest absolute Gasteiger partial charge is 0.257 e. The maximum absolute atomic E-state index is 12.6. The Morgan fingerprint density at radius 1 is 1.35 bits per heavy atom.